The maximum atomic E-state index is 13.4. The third-order valence-electron chi connectivity index (χ3n) is 12.6. The van der Waals surface area contributed by atoms with Gasteiger partial charge < -0.3 is 46.2 Å². The van der Waals surface area contributed by atoms with Gasteiger partial charge in [0.05, 0.1) is 18.8 Å². The Balaban J connectivity index is 0.000000302. The van der Waals surface area contributed by atoms with Crippen molar-refractivity contribution in [1.29, 1.82) is 0 Å². The van der Waals surface area contributed by atoms with E-state index in [-0.39, 0.29) is 36.0 Å². The summed E-state index contributed by atoms with van der Waals surface area (Å²) < 4.78 is 5.29. The first kappa shape index (κ1) is 47.0. The fourth-order valence-electron chi connectivity index (χ4n) is 9.43. The van der Waals surface area contributed by atoms with Crippen LogP contribution in [-0.2, 0) is 15.1 Å². The molecule has 0 radical (unpaired) electrons. The molecule has 5 amide bonds. The summed E-state index contributed by atoms with van der Waals surface area (Å²) in [6.45, 7) is 7.88. The Kier molecular flexibility index (Phi) is 21.3. The Morgan fingerprint density at radius 3 is 1.95 bits per heavy atom. The second-order valence-electron chi connectivity index (χ2n) is 17.0. The average Bonchev–Trinajstić information content (AvgIpc) is 3.23. The lowest BCUT2D eigenvalue weighted by atomic mass is 9.74. The molecule has 0 spiro atoms. The number of ether oxygens (including phenoxy) is 1. The molecule has 1 aromatic rings. The highest BCUT2D eigenvalue weighted by atomic mass is 35.5. The maximum absolute atomic E-state index is 13.4. The Morgan fingerprint density at radius 2 is 1.40 bits per heavy atom. The van der Waals surface area contributed by atoms with Crippen LogP contribution < -0.4 is 26.6 Å². The number of hydrogen-bond acceptors (Lipinski definition) is 7. The summed E-state index contributed by atoms with van der Waals surface area (Å²) in [6, 6.07) is 7.81. The van der Waals surface area contributed by atoms with Crippen LogP contribution in [0.2, 0.25) is 5.02 Å². The van der Waals surface area contributed by atoms with Gasteiger partial charge in [0.15, 0.2) is 0 Å². The van der Waals surface area contributed by atoms with Crippen molar-refractivity contribution < 1.29 is 24.2 Å². The minimum Gasteiger partial charge on any atom is -0.385 e. The summed E-state index contributed by atoms with van der Waals surface area (Å²) >= 11 is 6.31. The maximum Gasteiger partial charge on any atom is 0.317 e. The molecule has 0 unspecified atom stereocenters. The number of carbonyl (C=O) groups excluding carboxylic acids is 3. The van der Waals surface area contributed by atoms with E-state index in [0.29, 0.717) is 76.1 Å². The van der Waals surface area contributed by atoms with Crippen molar-refractivity contribution in [1.82, 2.24) is 36.4 Å². The first-order valence-corrected chi connectivity index (χ1v) is 22.8. The number of morpholine rings is 1. The molecule has 13 heteroatoms. The third-order valence-corrected chi connectivity index (χ3v) is 12.9. The number of likely N-dealkylation sites (tertiary alicyclic amines) is 1. The minimum absolute atomic E-state index is 0.0103. The van der Waals surface area contributed by atoms with Crippen LogP contribution >= 0.6 is 11.6 Å². The summed E-state index contributed by atoms with van der Waals surface area (Å²) in [5.74, 6) is 1.36. The predicted molar refractivity (Wildman–Crippen MR) is 229 cm³/mol. The normalized spacial score (nSPS) is 21.7. The number of hydrogen-bond donors (Lipinski definition) is 6. The lowest BCUT2D eigenvalue weighted by Crippen LogP contribution is -2.54. The Morgan fingerprint density at radius 1 is 0.825 bits per heavy atom. The van der Waals surface area contributed by atoms with E-state index in [1.165, 1.54) is 64.2 Å². The number of piperidine rings is 1. The van der Waals surface area contributed by atoms with Crippen molar-refractivity contribution in [2.45, 2.75) is 134 Å². The van der Waals surface area contributed by atoms with Gasteiger partial charge in [-0.05, 0) is 82.2 Å². The Hall–Kier alpha value is -2.64. The summed E-state index contributed by atoms with van der Waals surface area (Å²) in [7, 11) is 3.89. The summed E-state index contributed by atoms with van der Waals surface area (Å²) in [5.41, 5.74) is -0.354. The number of aliphatic hydroxyl groups is 1. The topological polar surface area (TPSA) is 147 Å². The molecule has 1 aromatic carbocycles. The molecular weight excluding hydrogens is 742 g/mol. The van der Waals surface area contributed by atoms with Crippen LogP contribution in [0, 0.1) is 17.8 Å². The highest BCUT2D eigenvalue weighted by Crippen LogP contribution is 2.40. The average molecular weight is 819 g/mol. The van der Waals surface area contributed by atoms with Crippen LogP contribution in [-0.4, -0.2) is 118 Å². The molecular formula is C44H76ClN7O5. The number of halogens is 1. The molecule has 6 N–H and O–H groups in total. The van der Waals surface area contributed by atoms with E-state index in [2.05, 4.69) is 26.6 Å². The molecule has 2 aliphatic carbocycles. The lowest BCUT2D eigenvalue weighted by Gasteiger charge is -2.43. The predicted octanol–water partition coefficient (Wildman–Crippen LogP) is 6.40. The number of benzene rings is 1. The monoisotopic (exact) mass is 818 g/mol. The van der Waals surface area contributed by atoms with Crippen molar-refractivity contribution in [3.63, 3.8) is 0 Å². The van der Waals surface area contributed by atoms with Crippen LogP contribution in [0.25, 0.3) is 0 Å². The summed E-state index contributed by atoms with van der Waals surface area (Å²) in [6.07, 6.45) is 18.5. The SMILES string of the molecule is CCC(=O)NCCC[C@@](O)(c1cccc(Cl)c1)[C@@H]1CCCN(C(=O)N[C@H](CNC)CC2CCCCC2)C1.CNC[C@H](CC1CCCCC1)NC(=O)N1CCOCC1. The molecule has 12 nitrogen and oxygen atoms in total. The second kappa shape index (κ2) is 25.8. The van der Waals surface area contributed by atoms with Crippen molar-refractivity contribution in [3.8, 4) is 0 Å². The number of rotatable bonds is 17. The van der Waals surface area contributed by atoms with E-state index in [1.807, 2.05) is 55.1 Å². The highest BCUT2D eigenvalue weighted by molar-refractivity contribution is 6.30. The van der Waals surface area contributed by atoms with Crippen molar-refractivity contribution in [3.05, 3.63) is 34.9 Å². The molecule has 2 heterocycles. The molecule has 4 fully saturated rings. The van der Waals surface area contributed by atoms with Gasteiger partial charge in [-0.25, -0.2) is 9.59 Å². The van der Waals surface area contributed by atoms with Crippen molar-refractivity contribution >= 4 is 29.6 Å². The van der Waals surface area contributed by atoms with Crippen LogP contribution in [0.3, 0.4) is 0 Å². The van der Waals surface area contributed by atoms with E-state index in [0.717, 1.165) is 50.3 Å². The number of likely N-dealkylation sites (N-methyl/N-ethyl adjacent to an activating group) is 2. The van der Waals surface area contributed by atoms with E-state index >= 15 is 0 Å². The first-order chi connectivity index (χ1) is 27.6. The van der Waals surface area contributed by atoms with Gasteiger partial charge in [-0.15, -0.1) is 0 Å². The standard InChI is InChI=1S/C29H47ClN4O3.C15H29N3O2/c1-3-27(35)32-16-9-15-29(37,23-12-7-14-25(30)19-23)24-13-8-17-34(21-24)28(36)33-26(20-31-2)18-22-10-5-4-6-11-22;1-16-12-14(11-13-5-3-2-4-6-13)17-15(19)18-7-9-20-10-8-18/h7,12,14,19,22,24,26,31,37H,3-6,8-11,13,15-18,20-21H2,1-2H3,(H,32,35)(H,33,36);13-14,16H,2-12H2,1H3,(H,17,19)/t24-,26+,29-;14-/m10/s1. The van der Waals surface area contributed by atoms with Gasteiger partial charge in [0.1, 0.15) is 0 Å². The van der Waals surface area contributed by atoms with Crippen LogP contribution in [0.5, 0.6) is 0 Å². The van der Waals surface area contributed by atoms with Crippen LogP contribution in [0.15, 0.2) is 24.3 Å². The van der Waals surface area contributed by atoms with Gasteiger partial charge >= 0.3 is 12.1 Å². The largest absolute Gasteiger partial charge is 0.385 e. The molecule has 5 rings (SSSR count). The van der Waals surface area contributed by atoms with Gasteiger partial charge in [0.2, 0.25) is 5.91 Å². The zero-order valence-corrected chi connectivity index (χ0v) is 36.2. The van der Waals surface area contributed by atoms with Gasteiger partial charge in [-0.2, -0.15) is 0 Å². The fourth-order valence-corrected chi connectivity index (χ4v) is 9.62. The Labute approximate surface area is 348 Å². The quantitative estimate of drug-likeness (QED) is 0.0998. The van der Waals surface area contributed by atoms with E-state index in [9.17, 15) is 19.5 Å². The molecule has 0 aromatic heterocycles. The molecule has 0 bridgehead atoms. The molecule has 4 aliphatic rings. The van der Waals surface area contributed by atoms with Crippen molar-refractivity contribution in [2.24, 2.45) is 17.8 Å². The third kappa shape index (κ3) is 16.1. The van der Waals surface area contributed by atoms with Gasteiger partial charge in [-0.1, -0.05) is 94.9 Å². The molecule has 4 atom stereocenters. The van der Waals surface area contributed by atoms with Crippen molar-refractivity contribution in [2.75, 3.05) is 73.1 Å². The van der Waals surface area contributed by atoms with Crippen LogP contribution in [0.4, 0.5) is 9.59 Å². The van der Waals surface area contributed by atoms with E-state index in [4.69, 9.17) is 16.3 Å². The molecule has 57 heavy (non-hydrogen) atoms. The summed E-state index contributed by atoms with van der Waals surface area (Å²) in [4.78, 5) is 41.1. The number of nitrogens with one attached hydrogen (secondary N) is 5. The minimum atomic E-state index is -1.13. The number of amides is 5. The van der Waals surface area contributed by atoms with E-state index in [1.54, 1.807) is 0 Å². The number of nitrogens with zero attached hydrogens (tertiary/aromatic N) is 2. The molecule has 324 valence electrons. The van der Waals surface area contributed by atoms with Gasteiger partial charge in [-0.3, -0.25) is 4.79 Å². The van der Waals surface area contributed by atoms with Gasteiger partial charge in [0, 0.05) is 75.3 Å². The summed E-state index contributed by atoms with van der Waals surface area (Å²) in [5, 5.41) is 28.5. The first-order valence-electron chi connectivity index (χ1n) is 22.4. The number of carbonyl (C=O) groups is 3. The smallest absolute Gasteiger partial charge is 0.317 e. The van der Waals surface area contributed by atoms with Gasteiger partial charge in [0.25, 0.3) is 0 Å². The molecule has 2 saturated carbocycles. The molecule has 2 aliphatic heterocycles. The second-order valence-corrected chi connectivity index (χ2v) is 17.5. The number of urea groups is 2. The zero-order valence-electron chi connectivity index (χ0n) is 35.4. The Bertz CT molecular complexity index is 1320. The van der Waals surface area contributed by atoms with Crippen LogP contribution in [0.1, 0.15) is 122 Å². The van der Waals surface area contributed by atoms with E-state index < -0.39 is 5.60 Å². The fraction of sp³-hybridized carbons (Fsp3) is 0.795. The lowest BCUT2D eigenvalue weighted by molar-refractivity contribution is -0.120. The molecule has 2 saturated heterocycles. The zero-order chi connectivity index (χ0) is 40.9. The highest BCUT2D eigenvalue weighted by Gasteiger charge is 2.41.